The van der Waals surface area contributed by atoms with E-state index in [4.69, 9.17) is 5.11 Å². The molecule has 7 heteroatoms. The molecule has 1 saturated heterocycles. The van der Waals surface area contributed by atoms with Crippen molar-refractivity contribution in [2.24, 2.45) is 0 Å². The van der Waals surface area contributed by atoms with Crippen molar-refractivity contribution in [1.29, 1.82) is 0 Å². The molecule has 1 aliphatic rings. The highest BCUT2D eigenvalue weighted by atomic mass is 19.1. The van der Waals surface area contributed by atoms with Crippen molar-refractivity contribution in [1.82, 2.24) is 9.80 Å². The third-order valence-corrected chi connectivity index (χ3v) is 4.24. The van der Waals surface area contributed by atoms with Gasteiger partial charge in [0.25, 0.3) is 0 Å². The van der Waals surface area contributed by atoms with E-state index >= 15 is 0 Å². The number of likely N-dealkylation sites (tertiary alicyclic amines) is 1. The molecule has 1 fully saturated rings. The number of urea groups is 1. The Balaban J connectivity index is 1.86. The van der Waals surface area contributed by atoms with Gasteiger partial charge in [-0.2, -0.15) is 0 Å². The molecule has 0 radical (unpaired) electrons. The Labute approximate surface area is 134 Å². The second-order valence-electron chi connectivity index (χ2n) is 5.80. The molecule has 1 aromatic rings. The number of aliphatic hydroxyl groups excluding tert-OH is 1. The van der Waals surface area contributed by atoms with Crippen LogP contribution in [0.15, 0.2) is 18.2 Å². The lowest BCUT2D eigenvalue weighted by molar-refractivity contribution is 0.134. The molecule has 1 heterocycles. The number of hydrogen-bond donors (Lipinski definition) is 2. The lowest BCUT2D eigenvalue weighted by atomic mass is 10.0. The molecule has 2 amide bonds. The van der Waals surface area contributed by atoms with Crippen LogP contribution in [0.25, 0.3) is 0 Å². The van der Waals surface area contributed by atoms with Gasteiger partial charge in [0.1, 0.15) is 17.3 Å². The van der Waals surface area contributed by atoms with Crippen molar-refractivity contribution >= 4 is 11.7 Å². The molecule has 0 bridgehead atoms. The second-order valence-corrected chi connectivity index (χ2v) is 5.80. The number of carbonyl (C=O) groups excluding carboxylic acids is 1. The summed E-state index contributed by atoms with van der Waals surface area (Å²) in [4.78, 5) is 15.9. The van der Waals surface area contributed by atoms with E-state index in [0.29, 0.717) is 19.1 Å². The Morgan fingerprint density at radius 1 is 1.35 bits per heavy atom. The Hall–Kier alpha value is -1.73. The summed E-state index contributed by atoms with van der Waals surface area (Å²) in [6.45, 7) is 2.06. The molecular formula is C16H23F2N3O2. The molecule has 1 aliphatic heterocycles. The summed E-state index contributed by atoms with van der Waals surface area (Å²) in [7, 11) is 2.00. The number of halogens is 2. The minimum atomic E-state index is -0.781. The molecular weight excluding hydrogens is 304 g/mol. The smallest absolute Gasteiger partial charge is 0.322 e. The maximum Gasteiger partial charge on any atom is 0.322 e. The Morgan fingerprint density at radius 2 is 1.96 bits per heavy atom. The Morgan fingerprint density at radius 3 is 2.52 bits per heavy atom. The Bertz CT molecular complexity index is 514. The van der Waals surface area contributed by atoms with Crippen LogP contribution >= 0.6 is 0 Å². The van der Waals surface area contributed by atoms with Crippen LogP contribution in [-0.2, 0) is 0 Å². The first-order chi connectivity index (χ1) is 11.0. The van der Waals surface area contributed by atoms with Crippen LogP contribution in [0.3, 0.4) is 0 Å². The molecule has 2 rings (SSSR count). The number of anilines is 1. The van der Waals surface area contributed by atoms with E-state index < -0.39 is 23.4 Å². The number of para-hydroxylation sites is 1. The lowest BCUT2D eigenvalue weighted by Crippen LogP contribution is -2.47. The molecule has 0 saturated carbocycles. The number of amides is 2. The van der Waals surface area contributed by atoms with Crippen LogP contribution in [0.5, 0.6) is 0 Å². The number of hydrogen-bond acceptors (Lipinski definition) is 3. The summed E-state index contributed by atoms with van der Waals surface area (Å²) in [6, 6.07) is 3.36. The summed E-state index contributed by atoms with van der Waals surface area (Å²) in [5.41, 5.74) is -0.403. The van der Waals surface area contributed by atoms with Crippen molar-refractivity contribution in [3.8, 4) is 0 Å². The van der Waals surface area contributed by atoms with Gasteiger partial charge in [0.2, 0.25) is 0 Å². The van der Waals surface area contributed by atoms with Gasteiger partial charge in [-0.15, -0.1) is 0 Å². The van der Waals surface area contributed by atoms with E-state index in [1.807, 2.05) is 7.05 Å². The summed E-state index contributed by atoms with van der Waals surface area (Å²) < 4.78 is 27.1. The summed E-state index contributed by atoms with van der Waals surface area (Å²) in [5, 5.41) is 11.2. The first-order valence-electron chi connectivity index (χ1n) is 7.84. The predicted octanol–water partition coefficient (Wildman–Crippen LogP) is 2.28. The SMILES string of the molecule is CN(CCCO)C1CCN(C(=O)Nc2c(F)cccc2F)CC1. The van der Waals surface area contributed by atoms with Gasteiger partial charge in [-0.25, -0.2) is 13.6 Å². The highest BCUT2D eigenvalue weighted by molar-refractivity contribution is 5.89. The first kappa shape index (κ1) is 17.6. The zero-order valence-electron chi connectivity index (χ0n) is 13.3. The largest absolute Gasteiger partial charge is 0.396 e. The van der Waals surface area contributed by atoms with Crippen LogP contribution in [0.2, 0.25) is 0 Å². The van der Waals surface area contributed by atoms with Gasteiger partial charge in [0, 0.05) is 32.3 Å². The fourth-order valence-corrected chi connectivity index (χ4v) is 2.82. The van der Waals surface area contributed by atoms with Crippen molar-refractivity contribution in [2.45, 2.75) is 25.3 Å². The van der Waals surface area contributed by atoms with Crippen LogP contribution < -0.4 is 5.32 Å². The summed E-state index contributed by atoms with van der Waals surface area (Å²) in [6.07, 6.45) is 2.33. The van der Waals surface area contributed by atoms with E-state index in [1.165, 1.54) is 6.07 Å². The zero-order chi connectivity index (χ0) is 16.8. The van der Waals surface area contributed by atoms with E-state index in [-0.39, 0.29) is 6.61 Å². The molecule has 0 aromatic heterocycles. The molecule has 0 spiro atoms. The van der Waals surface area contributed by atoms with E-state index in [2.05, 4.69) is 10.2 Å². The van der Waals surface area contributed by atoms with Crippen LogP contribution in [0.1, 0.15) is 19.3 Å². The maximum atomic E-state index is 13.6. The zero-order valence-corrected chi connectivity index (χ0v) is 13.3. The number of aliphatic hydroxyl groups is 1. The van der Waals surface area contributed by atoms with Gasteiger partial charge < -0.3 is 20.2 Å². The second kappa shape index (κ2) is 8.21. The number of carbonyl (C=O) groups is 1. The third kappa shape index (κ3) is 4.62. The highest BCUT2D eigenvalue weighted by Gasteiger charge is 2.26. The summed E-state index contributed by atoms with van der Waals surface area (Å²) in [5.74, 6) is -1.56. The van der Waals surface area contributed by atoms with Gasteiger partial charge in [0.05, 0.1) is 0 Å². The van der Waals surface area contributed by atoms with Gasteiger partial charge in [-0.05, 0) is 38.4 Å². The van der Waals surface area contributed by atoms with E-state index in [0.717, 1.165) is 37.9 Å². The lowest BCUT2D eigenvalue weighted by Gasteiger charge is -2.36. The standard InChI is InChI=1S/C16H23F2N3O2/c1-20(8-3-11-22)12-6-9-21(10-7-12)16(23)19-15-13(17)4-2-5-14(15)18/h2,4-5,12,22H,3,6-11H2,1H3,(H,19,23). The Kier molecular flexibility index (Phi) is 6.29. The summed E-state index contributed by atoms with van der Waals surface area (Å²) >= 11 is 0. The average Bonchev–Trinajstić information content (AvgIpc) is 2.56. The molecule has 0 unspecified atom stereocenters. The van der Waals surface area contributed by atoms with E-state index in [9.17, 15) is 13.6 Å². The molecule has 128 valence electrons. The maximum absolute atomic E-state index is 13.6. The number of piperidine rings is 1. The van der Waals surface area contributed by atoms with E-state index in [1.54, 1.807) is 4.90 Å². The first-order valence-corrected chi connectivity index (χ1v) is 7.84. The van der Waals surface area contributed by atoms with Gasteiger partial charge >= 0.3 is 6.03 Å². The fraction of sp³-hybridized carbons (Fsp3) is 0.562. The molecule has 0 atom stereocenters. The molecule has 23 heavy (non-hydrogen) atoms. The minimum Gasteiger partial charge on any atom is -0.396 e. The molecule has 1 aromatic carbocycles. The predicted molar refractivity (Wildman–Crippen MR) is 84.3 cm³/mol. The quantitative estimate of drug-likeness (QED) is 0.872. The topological polar surface area (TPSA) is 55.8 Å². The number of benzene rings is 1. The molecule has 0 aliphatic carbocycles. The monoisotopic (exact) mass is 327 g/mol. The van der Waals surface area contributed by atoms with Gasteiger partial charge in [-0.3, -0.25) is 0 Å². The van der Waals surface area contributed by atoms with Crippen molar-refractivity contribution in [3.05, 3.63) is 29.8 Å². The van der Waals surface area contributed by atoms with Crippen LogP contribution in [0.4, 0.5) is 19.3 Å². The van der Waals surface area contributed by atoms with Crippen molar-refractivity contribution in [2.75, 3.05) is 38.6 Å². The van der Waals surface area contributed by atoms with Crippen LogP contribution in [-0.4, -0.2) is 60.3 Å². The number of nitrogens with one attached hydrogen (secondary N) is 1. The van der Waals surface area contributed by atoms with Crippen LogP contribution in [0, 0.1) is 11.6 Å². The highest BCUT2D eigenvalue weighted by Crippen LogP contribution is 2.20. The fourth-order valence-electron chi connectivity index (χ4n) is 2.82. The normalized spacial score (nSPS) is 16.0. The number of rotatable bonds is 5. The van der Waals surface area contributed by atoms with Crippen molar-refractivity contribution in [3.63, 3.8) is 0 Å². The van der Waals surface area contributed by atoms with Gasteiger partial charge in [0.15, 0.2) is 0 Å². The third-order valence-electron chi connectivity index (χ3n) is 4.24. The number of nitrogens with zero attached hydrogens (tertiary/aromatic N) is 2. The van der Waals surface area contributed by atoms with Crippen molar-refractivity contribution < 1.29 is 18.7 Å². The van der Waals surface area contributed by atoms with Gasteiger partial charge in [-0.1, -0.05) is 6.07 Å². The molecule has 2 N–H and O–H groups in total. The average molecular weight is 327 g/mol. The molecule has 5 nitrogen and oxygen atoms in total. The minimum absolute atomic E-state index is 0.166.